The Morgan fingerprint density at radius 3 is 2.50 bits per heavy atom. The summed E-state index contributed by atoms with van der Waals surface area (Å²) in [5, 5.41) is 0. The molecule has 0 fully saturated rings. The first kappa shape index (κ1) is 18.3. The van der Waals surface area contributed by atoms with Crippen molar-refractivity contribution < 1.29 is 9.53 Å². The second-order valence-corrected chi connectivity index (χ2v) is 7.65. The Bertz CT molecular complexity index is 1110. The van der Waals surface area contributed by atoms with Gasteiger partial charge in [0.1, 0.15) is 10.6 Å². The van der Waals surface area contributed by atoms with Gasteiger partial charge in [-0.15, -0.1) is 0 Å². The number of hydrogen-bond donors (Lipinski definition) is 0. The molecule has 0 aliphatic heterocycles. The van der Waals surface area contributed by atoms with Gasteiger partial charge in [0, 0.05) is 31.0 Å². The van der Waals surface area contributed by atoms with Gasteiger partial charge >= 0.3 is 0 Å². The number of carbonyl (C=O) groups excluding carboxylic acids is 1. The zero-order valence-electron chi connectivity index (χ0n) is 16.0. The SMILES string of the molecule is COc1ccc(-c2cn3c(C)c(C(=O)N(C)Cc4ccccc4)sc3n2)cc1. The van der Waals surface area contributed by atoms with E-state index < -0.39 is 0 Å². The highest BCUT2D eigenvalue weighted by molar-refractivity contribution is 7.19. The third kappa shape index (κ3) is 3.39. The van der Waals surface area contributed by atoms with E-state index in [4.69, 9.17) is 9.72 Å². The molecule has 0 saturated carbocycles. The van der Waals surface area contributed by atoms with Crippen molar-refractivity contribution in [2.75, 3.05) is 14.2 Å². The van der Waals surface area contributed by atoms with E-state index in [1.165, 1.54) is 11.3 Å². The minimum Gasteiger partial charge on any atom is -0.497 e. The van der Waals surface area contributed by atoms with Crippen LogP contribution in [0, 0.1) is 6.92 Å². The molecular weight excluding hydrogens is 370 g/mol. The van der Waals surface area contributed by atoms with Gasteiger partial charge in [-0.3, -0.25) is 9.20 Å². The predicted octanol–water partition coefficient (Wildman–Crippen LogP) is 4.65. The number of aryl methyl sites for hydroxylation is 1. The molecule has 2 heterocycles. The molecule has 6 heteroatoms. The first-order valence-electron chi connectivity index (χ1n) is 8.99. The maximum atomic E-state index is 12.9. The first-order chi connectivity index (χ1) is 13.6. The van der Waals surface area contributed by atoms with E-state index in [1.54, 1.807) is 12.0 Å². The van der Waals surface area contributed by atoms with E-state index in [1.807, 2.05) is 79.2 Å². The number of nitrogens with zero attached hydrogens (tertiary/aromatic N) is 3. The van der Waals surface area contributed by atoms with Crippen LogP contribution in [0.3, 0.4) is 0 Å². The lowest BCUT2D eigenvalue weighted by molar-refractivity contribution is 0.0789. The molecule has 0 aliphatic carbocycles. The molecule has 0 spiro atoms. The van der Waals surface area contributed by atoms with E-state index in [0.29, 0.717) is 6.54 Å². The third-order valence-corrected chi connectivity index (χ3v) is 5.89. The number of amides is 1. The van der Waals surface area contributed by atoms with E-state index in [2.05, 4.69) is 0 Å². The molecule has 0 N–H and O–H groups in total. The van der Waals surface area contributed by atoms with Gasteiger partial charge in [0.2, 0.25) is 0 Å². The van der Waals surface area contributed by atoms with Gasteiger partial charge in [-0.05, 0) is 36.8 Å². The molecule has 0 saturated heterocycles. The lowest BCUT2D eigenvalue weighted by Gasteiger charge is -2.16. The van der Waals surface area contributed by atoms with Crippen LogP contribution in [0.2, 0.25) is 0 Å². The zero-order chi connectivity index (χ0) is 19.7. The fourth-order valence-corrected chi connectivity index (χ4v) is 4.26. The molecule has 4 rings (SSSR count). The Balaban J connectivity index is 1.59. The number of ether oxygens (including phenoxy) is 1. The molecule has 0 aliphatic rings. The molecule has 5 nitrogen and oxygen atoms in total. The monoisotopic (exact) mass is 391 g/mol. The highest BCUT2D eigenvalue weighted by Crippen LogP contribution is 2.29. The van der Waals surface area contributed by atoms with Gasteiger partial charge in [-0.2, -0.15) is 0 Å². The minimum absolute atomic E-state index is 0.0165. The molecule has 0 radical (unpaired) electrons. The van der Waals surface area contributed by atoms with Crippen molar-refractivity contribution in [1.29, 1.82) is 0 Å². The average Bonchev–Trinajstić information content (AvgIpc) is 3.28. The Morgan fingerprint density at radius 1 is 1.14 bits per heavy atom. The highest BCUT2D eigenvalue weighted by atomic mass is 32.1. The molecular formula is C22H21N3O2S. The molecule has 0 unspecified atom stereocenters. The van der Waals surface area contributed by atoms with Crippen LogP contribution in [0.25, 0.3) is 16.2 Å². The molecule has 2 aromatic heterocycles. The second kappa shape index (κ2) is 7.48. The second-order valence-electron chi connectivity index (χ2n) is 6.67. The summed E-state index contributed by atoms with van der Waals surface area (Å²) >= 11 is 1.43. The molecule has 1 amide bonds. The summed E-state index contributed by atoms with van der Waals surface area (Å²) in [6.45, 7) is 2.54. The fraction of sp³-hybridized carbons (Fsp3) is 0.182. The maximum absolute atomic E-state index is 12.9. The topological polar surface area (TPSA) is 46.8 Å². The van der Waals surface area contributed by atoms with Gasteiger partial charge in [0.15, 0.2) is 4.96 Å². The van der Waals surface area contributed by atoms with Crippen LogP contribution < -0.4 is 4.74 Å². The molecule has 4 aromatic rings. The molecule has 0 bridgehead atoms. The van der Waals surface area contributed by atoms with Crippen molar-refractivity contribution >= 4 is 22.2 Å². The Morgan fingerprint density at radius 2 is 1.86 bits per heavy atom. The minimum atomic E-state index is 0.0165. The number of rotatable bonds is 5. The van der Waals surface area contributed by atoms with E-state index in [-0.39, 0.29) is 5.91 Å². The summed E-state index contributed by atoms with van der Waals surface area (Å²) in [6.07, 6.45) is 1.98. The smallest absolute Gasteiger partial charge is 0.265 e. The van der Waals surface area contributed by atoms with Crippen LogP contribution >= 0.6 is 11.3 Å². The number of benzene rings is 2. The van der Waals surface area contributed by atoms with Crippen molar-refractivity contribution in [3.05, 3.63) is 76.9 Å². The number of methoxy groups -OCH3 is 1. The molecule has 2 aromatic carbocycles. The van der Waals surface area contributed by atoms with Crippen LogP contribution in [0.4, 0.5) is 0 Å². The van der Waals surface area contributed by atoms with Gasteiger partial charge in [-0.25, -0.2) is 4.98 Å². The van der Waals surface area contributed by atoms with Crippen molar-refractivity contribution in [2.45, 2.75) is 13.5 Å². The van der Waals surface area contributed by atoms with Crippen molar-refractivity contribution in [2.24, 2.45) is 0 Å². The Hall–Kier alpha value is -3.12. The van der Waals surface area contributed by atoms with Gasteiger partial charge < -0.3 is 9.64 Å². The predicted molar refractivity (Wildman–Crippen MR) is 112 cm³/mol. The lowest BCUT2D eigenvalue weighted by Crippen LogP contribution is -2.26. The maximum Gasteiger partial charge on any atom is 0.265 e. The average molecular weight is 391 g/mol. The molecule has 28 heavy (non-hydrogen) atoms. The van der Waals surface area contributed by atoms with E-state index in [0.717, 1.165) is 38.1 Å². The van der Waals surface area contributed by atoms with Gasteiger partial charge in [0.25, 0.3) is 5.91 Å². The van der Waals surface area contributed by atoms with Crippen LogP contribution in [0.15, 0.2) is 60.8 Å². The summed E-state index contributed by atoms with van der Waals surface area (Å²) in [7, 11) is 3.48. The highest BCUT2D eigenvalue weighted by Gasteiger charge is 2.21. The van der Waals surface area contributed by atoms with E-state index >= 15 is 0 Å². The Kier molecular flexibility index (Phi) is 4.88. The zero-order valence-corrected chi connectivity index (χ0v) is 16.9. The number of hydrogen-bond acceptors (Lipinski definition) is 4. The van der Waals surface area contributed by atoms with Gasteiger partial charge in [-0.1, -0.05) is 41.7 Å². The first-order valence-corrected chi connectivity index (χ1v) is 9.81. The van der Waals surface area contributed by atoms with E-state index in [9.17, 15) is 4.79 Å². The lowest BCUT2D eigenvalue weighted by atomic mass is 10.2. The summed E-state index contributed by atoms with van der Waals surface area (Å²) in [6, 6.07) is 17.8. The number of carbonyl (C=O) groups is 1. The standard InChI is InChI=1S/C22H21N3O2S/c1-15-20(21(26)24(2)13-16-7-5-4-6-8-16)28-22-23-19(14-25(15)22)17-9-11-18(27-3)12-10-17/h4-12,14H,13H2,1-3H3. The van der Waals surface area contributed by atoms with Crippen LogP contribution in [0.1, 0.15) is 20.9 Å². The normalized spacial score (nSPS) is 11.0. The third-order valence-electron chi connectivity index (χ3n) is 4.75. The van der Waals surface area contributed by atoms with Crippen molar-refractivity contribution in [1.82, 2.24) is 14.3 Å². The summed E-state index contributed by atoms with van der Waals surface area (Å²) < 4.78 is 7.20. The fourth-order valence-electron chi connectivity index (χ4n) is 3.15. The number of fused-ring (bicyclic) bond motifs is 1. The summed E-state index contributed by atoms with van der Waals surface area (Å²) in [4.78, 5) is 21.0. The number of thiazole rings is 1. The van der Waals surface area contributed by atoms with Crippen molar-refractivity contribution in [3.63, 3.8) is 0 Å². The van der Waals surface area contributed by atoms with Gasteiger partial charge in [0.05, 0.1) is 12.8 Å². The van der Waals surface area contributed by atoms with Crippen LogP contribution in [-0.2, 0) is 6.54 Å². The van der Waals surface area contributed by atoms with Crippen LogP contribution in [-0.4, -0.2) is 34.3 Å². The number of aromatic nitrogens is 2. The molecule has 142 valence electrons. The van der Waals surface area contributed by atoms with Crippen LogP contribution in [0.5, 0.6) is 5.75 Å². The number of imidazole rings is 1. The Labute approximate surface area is 167 Å². The quantitative estimate of drug-likeness (QED) is 0.497. The summed E-state index contributed by atoms with van der Waals surface area (Å²) in [5.74, 6) is 0.832. The molecule has 0 atom stereocenters. The summed E-state index contributed by atoms with van der Waals surface area (Å²) in [5.41, 5.74) is 3.93. The largest absolute Gasteiger partial charge is 0.497 e. The van der Waals surface area contributed by atoms with Crippen molar-refractivity contribution in [3.8, 4) is 17.0 Å².